The molecular weight excluding hydrogens is 424 g/mol. The van der Waals surface area contributed by atoms with E-state index in [0.29, 0.717) is 29.6 Å². The number of aliphatic carboxylic acids is 1. The SMILES string of the molecule is C/C(=C\CCC(C)C1CCC2(C)C3=C(CCC12C)C1(C)CCC(O)C(C)(C)C1CC3=O)C(=O)O. The van der Waals surface area contributed by atoms with Gasteiger partial charge in [0, 0.05) is 23.0 Å². The number of hydrogen-bond acceptors (Lipinski definition) is 3. The van der Waals surface area contributed by atoms with Crippen molar-refractivity contribution in [3.8, 4) is 0 Å². The minimum absolute atomic E-state index is 0.0131. The zero-order valence-corrected chi connectivity index (χ0v) is 22.5. The number of aliphatic hydroxyl groups excluding tert-OH is 1. The van der Waals surface area contributed by atoms with Crippen molar-refractivity contribution >= 4 is 11.8 Å². The third-order valence-electron chi connectivity index (χ3n) is 11.7. The number of allylic oxidation sites excluding steroid dienone is 3. The van der Waals surface area contributed by atoms with Crippen LogP contribution in [0.15, 0.2) is 22.8 Å². The number of rotatable bonds is 5. The third kappa shape index (κ3) is 3.49. The highest BCUT2D eigenvalue weighted by Gasteiger charge is 2.65. The maximum Gasteiger partial charge on any atom is 0.330 e. The average molecular weight is 471 g/mol. The molecule has 0 saturated heterocycles. The topological polar surface area (TPSA) is 74.6 Å². The molecule has 0 aliphatic heterocycles. The number of Topliss-reactive ketones (excluding diaryl/α,β-unsaturated/α-hetero) is 1. The lowest BCUT2D eigenvalue weighted by Gasteiger charge is -2.61. The van der Waals surface area contributed by atoms with E-state index in [2.05, 4.69) is 41.5 Å². The number of fused-ring (bicyclic) bond motifs is 4. The molecule has 4 aliphatic rings. The molecule has 0 bridgehead atoms. The Morgan fingerprint density at radius 1 is 1.12 bits per heavy atom. The first kappa shape index (κ1) is 25.7. The third-order valence-corrected chi connectivity index (χ3v) is 11.7. The number of carbonyl (C=O) groups excluding carboxylic acids is 1. The van der Waals surface area contributed by atoms with Crippen LogP contribution in [0.4, 0.5) is 0 Å². The van der Waals surface area contributed by atoms with E-state index in [9.17, 15) is 14.7 Å². The molecular formula is C30H46O4. The van der Waals surface area contributed by atoms with Gasteiger partial charge < -0.3 is 10.2 Å². The summed E-state index contributed by atoms with van der Waals surface area (Å²) in [6.07, 6.45) is 10.0. The second-order valence-corrected chi connectivity index (χ2v) is 13.5. The van der Waals surface area contributed by atoms with Gasteiger partial charge in [-0.05, 0) is 92.3 Å². The molecule has 0 aromatic carbocycles. The van der Waals surface area contributed by atoms with Gasteiger partial charge in [-0.2, -0.15) is 0 Å². The lowest BCUT2D eigenvalue weighted by molar-refractivity contribution is -0.134. The van der Waals surface area contributed by atoms with E-state index in [1.807, 2.05) is 6.08 Å². The normalized spacial score (nSPS) is 42.6. The number of carboxylic acids is 1. The number of ketones is 1. The maximum absolute atomic E-state index is 13.9. The smallest absolute Gasteiger partial charge is 0.330 e. The van der Waals surface area contributed by atoms with Gasteiger partial charge in [-0.15, -0.1) is 0 Å². The summed E-state index contributed by atoms with van der Waals surface area (Å²) in [6, 6.07) is 0. The molecule has 4 heteroatoms. The molecule has 2 saturated carbocycles. The van der Waals surface area contributed by atoms with E-state index in [0.717, 1.165) is 51.4 Å². The van der Waals surface area contributed by atoms with Crippen LogP contribution in [-0.4, -0.2) is 28.1 Å². The van der Waals surface area contributed by atoms with Gasteiger partial charge in [0.15, 0.2) is 5.78 Å². The fraction of sp³-hybridized carbons (Fsp3) is 0.800. The van der Waals surface area contributed by atoms with E-state index in [1.54, 1.807) is 6.92 Å². The minimum Gasteiger partial charge on any atom is -0.478 e. The predicted octanol–water partition coefficient (Wildman–Crippen LogP) is 6.72. The maximum atomic E-state index is 13.9. The van der Waals surface area contributed by atoms with Crippen molar-refractivity contribution in [2.75, 3.05) is 0 Å². The molecule has 0 aromatic rings. The Morgan fingerprint density at radius 2 is 1.79 bits per heavy atom. The molecule has 7 atom stereocenters. The number of carboxylic acid groups (broad SMARTS) is 1. The lowest BCUT2D eigenvalue weighted by atomic mass is 9.43. The molecule has 0 radical (unpaired) electrons. The highest BCUT2D eigenvalue weighted by Crippen LogP contribution is 2.71. The molecule has 2 fully saturated rings. The zero-order chi connectivity index (χ0) is 25.3. The van der Waals surface area contributed by atoms with Crippen molar-refractivity contribution in [2.45, 2.75) is 112 Å². The fourth-order valence-electron chi connectivity index (χ4n) is 9.16. The van der Waals surface area contributed by atoms with Gasteiger partial charge in [-0.25, -0.2) is 4.79 Å². The van der Waals surface area contributed by atoms with Crippen LogP contribution in [0, 0.1) is 39.4 Å². The minimum atomic E-state index is -0.833. The lowest BCUT2D eigenvalue weighted by Crippen LogP contribution is -2.57. The van der Waals surface area contributed by atoms with Gasteiger partial charge in [0.25, 0.3) is 0 Å². The number of hydrogen-bond donors (Lipinski definition) is 2. The molecule has 0 spiro atoms. The van der Waals surface area contributed by atoms with E-state index in [1.165, 1.54) is 11.1 Å². The standard InChI is InChI=1S/C30H46O4/c1-18(9-8-10-19(2)26(33)34)20-11-16-30(7)25-21(12-15-29(20,30)6)28(5)14-13-24(32)27(3,4)23(28)17-22(25)31/h10,18,20,23-24,32H,8-9,11-17H2,1-7H3,(H,33,34)/b19-10+. The van der Waals surface area contributed by atoms with Crippen molar-refractivity contribution in [1.82, 2.24) is 0 Å². The van der Waals surface area contributed by atoms with Crippen molar-refractivity contribution in [3.05, 3.63) is 22.8 Å². The average Bonchev–Trinajstić information content (AvgIpc) is 3.04. The summed E-state index contributed by atoms with van der Waals surface area (Å²) in [5.41, 5.74) is 2.82. The predicted molar refractivity (Wildman–Crippen MR) is 135 cm³/mol. The van der Waals surface area contributed by atoms with Crippen molar-refractivity contribution in [1.29, 1.82) is 0 Å². The van der Waals surface area contributed by atoms with Gasteiger partial charge >= 0.3 is 5.97 Å². The van der Waals surface area contributed by atoms with Crippen LogP contribution in [0.5, 0.6) is 0 Å². The van der Waals surface area contributed by atoms with Crippen molar-refractivity contribution < 1.29 is 19.8 Å². The van der Waals surface area contributed by atoms with E-state index >= 15 is 0 Å². The van der Waals surface area contributed by atoms with Crippen LogP contribution in [0.3, 0.4) is 0 Å². The molecule has 4 nitrogen and oxygen atoms in total. The molecule has 190 valence electrons. The summed E-state index contributed by atoms with van der Waals surface area (Å²) in [6.45, 7) is 15.6. The van der Waals surface area contributed by atoms with Crippen LogP contribution < -0.4 is 0 Å². The Hall–Kier alpha value is -1.42. The number of carbonyl (C=O) groups is 2. The molecule has 7 unspecified atom stereocenters. The summed E-state index contributed by atoms with van der Waals surface area (Å²) in [7, 11) is 0. The van der Waals surface area contributed by atoms with Crippen LogP contribution >= 0.6 is 0 Å². The summed E-state index contributed by atoms with van der Waals surface area (Å²) in [5.74, 6) is 0.774. The molecule has 34 heavy (non-hydrogen) atoms. The first-order chi connectivity index (χ1) is 15.7. The fourth-order valence-corrected chi connectivity index (χ4v) is 9.16. The van der Waals surface area contributed by atoms with E-state index in [4.69, 9.17) is 5.11 Å². The Balaban J connectivity index is 1.65. The van der Waals surface area contributed by atoms with Crippen LogP contribution in [0.2, 0.25) is 0 Å². The zero-order valence-electron chi connectivity index (χ0n) is 22.5. The summed E-state index contributed by atoms with van der Waals surface area (Å²) in [5, 5.41) is 19.9. The Labute approximate surface area is 206 Å². The van der Waals surface area contributed by atoms with Gasteiger partial charge in [0.1, 0.15) is 0 Å². The van der Waals surface area contributed by atoms with E-state index < -0.39 is 5.97 Å². The van der Waals surface area contributed by atoms with Crippen LogP contribution in [0.1, 0.15) is 106 Å². The van der Waals surface area contributed by atoms with Crippen LogP contribution in [-0.2, 0) is 9.59 Å². The number of aliphatic hydroxyl groups is 1. The molecule has 4 aliphatic carbocycles. The molecule has 0 aromatic heterocycles. The van der Waals surface area contributed by atoms with Gasteiger partial charge in [0.2, 0.25) is 0 Å². The van der Waals surface area contributed by atoms with E-state index in [-0.39, 0.29) is 33.7 Å². The second kappa shape index (κ2) is 8.32. The Kier molecular flexibility index (Phi) is 6.28. The Morgan fingerprint density at radius 3 is 2.44 bits per heavy atom. The monoisotopic (exact) mass is 470 g/mol. The summed E-state index contributed by atoms with van der Waals surface area (Å²) in [4.78, 5) is 25.0. The van der Waals surface area contributed by atoms with Gasteiger partial charge in [0.05, 0.1) is 6.10 Å². The highest BCUT2D eigenvalue weighted by molar-refractivity contribution is 5.99. The largest absolute Gasteiger partial charge is 0.478 e. The summed E-state index contributed by atoms with van der Waals surface area (Å²) >= 11 is 0. The second-order valence-electron chi connectivity index (χ2n) is 13.5. The molecule has 0 amide bonds. The van der Waals surface area contributed by atoms with Crippen molar-refractivity contribution in [3.63, 3.8) is 0 Å². The molecule has 2 N–H and O–H groups in total. The summed E-state index contributed by atoms with van der Waals surface area (Å²) < 4.78 is 0. The highest BCUT2D eigenvalue weighted by atomic mass is 16.4. The van der Waals surface area contributed by atoms with Crippen LogP contribution in [0.25, 0.3) is 0 Å². The van der Waals surface area contributed by atoms with Gasteiger partial charge in [-0.1, -0.05) is 53.2 Å². The first-order valence-corrected chi connectivity index (χ1v) is 13.6. The van der Waals surface area contributed by atoms with Crippen molar-refractivity contribution in [2.24, 2.45) is 39.4 Å². The molecule has 0 heterocycles. The van der Waals surface area contributed by atoms with Gasteiger partial charge in [-0.3, -0.25) is 4.79 Å². The molecule has 4 rings (SSSR count). The Bertz CT molecular complexity index is 941. The first-order valence-electron chi connectivity index (χ1n) is 13.6. The quantitative estimate of drug-likeness (QED) is 0.437.